The van der Waals surface area contributed by atoms with Gasteiger partial charge in [-0.1, -0.05) is 0 Å². The summed E-state index contributed by atoms with van der Waals surface area (Å²) in [6.07, 6.45) is -2.98. The first-order chi connectivity index (χ1) is 22.1. The Kier molecular flexibility index (Phi) is 12.5. The van der Waals surface area contributed by atoms with Crippen molar-refractivity contribution in [1.82, 2.24) is 16.0 Å². The summed E-state index contributed by atoms with van der Waals surface area (Å²) in [5, 5.41) is 63.5. The van der Waals surface area contributed by atoms with Gasteiger partial charge in [0, 0.05) is 31.0 Å². The van der Waals surface area contributed by atoms with E-state index in [0.717, 1.165) is 0 Å². The van der Waals surface area contributed by atoms with E-state index in [-0.39, 0.29) is 25.4 Å². The molecule has 2 heterocycles. The zero-order valence-corrected chi connectivity index (χ0v) is 27.1. The average Bonchev–Trinajstić information content (AvgIpc) is 3.65. The summed E-state index contributed by atoms with van der Waals surface area (Å²) in [6, 6.07) is -3.92. The Balaban J connectivity index is 1.52. The lowest BCUT2D eigenvalue weighted by Gasteiger charge is -2.50. The van der Waals surface area contributed by atoms with Crippen LogP contribution in [0.2, 0.25) is 0 Å². The fourth-order valence-electron chi connectivity index (χ4n) is 6.88. The highest BCUT2D eigenvalue weighted by Gasteiger charge is 2.61. The minimum Gasteiger partial charge on any atom is -0.492 e. The summed E-state index contributed by atoms with van der Waals surface area (Å²) in [7, 11) is 1.57. The first-order valence-electron chi connectivity index (χ1n) is 16.2. The molecule has 47 heavy (non-hydrogen) atoms. The first-order valence-corrected chi connectivity index (χ1v) is 16.2. The van der Waals surface area contributed by atoms with Crippen molar-refractivity contribution in [2.24, 2.45) is 39.6 Å². The SMILES string of the molecule is CNC1C(O)C(OC2C(NC(=O)C3(O)CC3N=C(N)N)CC(N)C(C3OC(CNCC(O)CCCN)=CCC3N)C2O)OCC1(C)O. The lowest BCUT2D eigenvalue weighted by molar-refractivity contribution is -0.297. The summed E-state index contributed by atoms with van der Waals surface area (Å²) in [6.45, 7) is 2.45. The number of nitrogens with one attached hydrogen (secondary N) is 3. The highest BCUT2D eigenvalue weighted by Crippen LogP contribution is 2.41. The van der Waals surface area contributed by atoms with Crippen molar-refractivity contribution in [3.63, 3.8) is 0 Å². The Morgan fingerprint density at radius 3 is 2.60 bits per heavy atom. The van der Waals surface area contributed by atoms with Crippen molar-refractivity contribution < 1.29 is 44.5 Å². The van der Waals surface area contributed by atoms with Crippen LogP contribution in [0.15, 0.2) is 16.8 Å². The van der Waals surface area contributed by atoms with Gasteiger partial charge < -0.3 is 84.4 Å². The van der Waals surface area contributed by atoms with Crippen LogP contribution in [-0.4, -0.2) is 149 Å². The smallest absolute Gasteiger partial charge is 0.254 e. The van der Waals surface area contributed by atoms with Gasteiger partial charge in [-0.3, -0.25) is 4.79 Å². The number of amides is 1. The summed E-state index contributed by atoms with van der Waals surface area (Å²) in [4.78, 5) is 17.2. The molecule has 4 aliphatic rings. The molecule has 270 valence electrons. The highest BCUT2D eigenvalue weighted by atomic mass is 16.7. The molecule has 2 aliphatic carbocycles. The van der Waals surface area contributed by atoms with Gasteiger partial charge in [0.1, 0.15) is 29.7 Å². The molecule has 1 amide bonds. The van der Waals surface area contributed by atoms with Gasteiger partial charge in [0.2, 0.25) is 0 Å². The topological polar surface area (TPSA) is 324 Å². The molecule has 18 heteroatoms. The van der Waals surface area contributed by atoms with Crippen LogP contribution in [0.3, 0.4) is 0 Å². The number of hydrogen-bond acceptors (Lipinski definition) is 15. The molecule has 4 rings (SSSR count). The van der Waals surface area contributed by atoms with Crippen molar-refractivity contribution >= 4 is 11.9 Å². The van der Waals surface area contributed by atoms with Crippen molar-refractivity contribution in [2.45, 2.75) is 117 Å². The van der Waals surface area contributed by atoms with Crippen LogP contribution in [-0.2, 0) is 19.0 Å². The van der Waals surface area contributed by atoms with Gasteiger partial charge in [0.25, 0.3) is 5.91 Å². The predicted molar refractivity (Wildman–Crippen MR) is 170 cm³/mol. The van der Waals surface area contributed by atoms with Gasteiger partial charge >= 0.3 is 0 Å². The molecule has 0 aromatic carbocycles. The molecule has 18 nitrogen and oxygen atoms in total. The lowest BCUT2D eigenvalue weighted by atomic mass is 9.72. The molecule has 0 aromatic heterocycles. The van der Waals surface area contributed by atoms with E-state index in [1.807, 2.05) is 6.08 Å². The molecule has 2 aliphatic heterocycles. The Morgan fingerprint density at radius 1 is 1.21 bits per heavy atom. The average molecular weight is 674 g/mol. The van der Waals surface area contributed by atoms with Crippen LogP contribution in [0.25, 0.3) is 0 Å². The monoisotopic (exact) mass is 673 g/mol. The molecule has 0 aromatic rings. The van der Waals surface area contributed by atoms with Crippen molar-refractivity contribution in [3.05, 3.63) is 11.8 Å². The second-order valence-corrected chi connectivity index (χ2v) is 13.5. The maximum absolute atomic E-state index is 13.3. The number of nitrogens with zero attached hydrogens (tertiary/aromatic N) is 1. The second kappa shape index (κ2) is 15.6. The number of aliphatic hydroxyl groups excluding tert-OH is 3. The van der Waals surface area contributed by atoms with Crippen LogP contribution >= 0.6 is 0 Å². The standard InChI is InChI=1S/C29H55N9O9/c1-28(43)12-45-25(21(41)24(28)35-2)47-23-17(37-26(42)29(44)9-18(29)38-27(33)34)8-16(32)19(20(23)40)22-15(31)6-5-14(46-22)11-36-10-13(39)4-3-7-30/h5,13,15-25,35-36,39-41,43-44H,3-4,6-12,30-32H2,1-2H3,(H,37,42)(H4,33,34,38). The van der Waals surface area contributed by atoms with Crippen LogP contribution in [0.4, 0.5) is 0 Å². The number of nitrogens with two attached hydrogens (primary N) is 5. The largest absolute Gasteiger partial charge is 0.492 e. The van der Waals surface area contributed by atoms with E-state index in [4.69, 9.17) is 42.9 Å². The number of carbonyl (C=O) groups is 1. The number of hydrogen-bond donors (Lipinski definition) is 13. The number of aliphatic hydroxyl groups is 5. The highest BCUT2D eigenvalue weighted by molar-refractivity contribution is 5.90. The molecule has 0 bridgehead atoms. The predicted octanol–water partition coefficient (Wildman–Crippen LogP) is -5.91. The van der Waals surface area contributed by atoms with E-state index in [0.29, 0.717) is 44.7 Å². The van der Waals surface area contributed by atoms with E-state index in [1.165, 1.54) is 6.92 Å². The van der Waals surface area contributed by atoms with E-state index < -0.39 is 90.0 Å². The summed E-state index contributed by atoms with van der Waals surface area (Å²) in [5.41, 5.74) is 26.2. The molecular weight excluding hydrogens is 618 g/mol. The van der Waals surface area contributed by atoms with Gasteiger partial charge in [-0.25, -0.2) is 4.99 Å². The van der Waals surface area contributed by atoms with Crippen LogP contribution in [0, 0.1) is 5.92 Å². The summed E-state index contributed by atoms with van der Waals surface area (Å²) < 4.78 is 18.2. The minimum absolute atomic E-state index is 0.00640. The third-order valence-corrected chi connectivity index (χ3v) is 9.62. The fourth-order valence-corrected chi connectivity index (χ4v) is 6.88. The minimum atomic E-state index is -1.86. The third-order valence-electron chi connectivity index (χ3n) is 9.62. The zero-order valence-electron chi connectivity index (χ0n) is 27.1. The van der Waals surface area contributed by atoms with Gasteiger partial charge in [0.15, 0.2) is 17.9 Å². The summed E-state index contributed by atoms with van der Waals surface area (Å²) >= 11 is 0. The normalized spacial score (nSPS) is 42.5. The van der Waals surface area contributed by atoms with E-state index in [2.05, 4.69) is 20.9 Å². The van der Waals surface area contributed by atoms with E-state index in [9.17, 15) is 30.3 Å². The Labute approximate surface area is 274 Å². The number of ether oxygens (including phenoxy) is 3. The van der Waals surface area contributed by atoms with Crippen molar-refractivity contribution in [2.75, 3.05) is 33.3 Å². The molecule has 2 saturated carbocycles. The van der Waals surface area contributed by atoms with Gasteiger partial charge in [-0.15, -0.1) is 0 Å². The molecule has 3 fully saturated rings. The molecule has 14 unspecified atom stereocenters. The maximum Gasteiger partial charge on any atom is 0.254 e. The molecule has 1 saturated heterocycles. The number of likely N-dealkylation sites (N-methyl/N-ethyl adjacent to an activating group) is 1. The van der Waals surface area contributed by atoms with Crippen molar-refractivity contribution in [1.29, 1.82) is 0 Å². The van der Waals surface area contributed by atoms with E-state index in [1.54, 1.807) is 7.05 Å². The van der Waals surface area contributed by atoms with Gasteiger partial charge in [-0.2, -0.15) is 0 Å². The van der Waals surface area contributed by atoms with Gasteiger partial charge in [-0.05, 0) is 52.3 Å². The number of carbonyl (C=O) groups excluding carboxylic acids is 1. The van der Waals surface area contributed by atoms with Gasteiger partial charge in [0.05, 0.1) is 43.5 Å². The Bertz CT molecular complexity index is 1130. The third kappa shape index (κ3) is 8.70. The zero-order chi connectivity index (χ0) is 34.7. The van der Waals surface area contributed by atoms with Crippen LogP contribution in [0.5, 0.6) is 0 Å². The number of rotatable bonds is 14. The molecule has 18 N–H and O–H groups in total. The second-order valence-electron chi connectivity index (χ2n) is 13.5. The molecule has 0 spiro atoms. The summed E-state index contributed by atoms with van der Waals surface area (Å²) in [5.74, 6) is -1.27. The fraction of sp³-hybridized carbons (Fsp3) is 0.862. The maximum atomic E-state index is 13.3. The van der Waals surface area contributed by atoms with Crippen LogP contribution in [0.1, 0.15) is 39.0 Å². The molecular formula is C29H55N9O9. The van der Waals surface area contributed by atoms with E-state index >= 15 is 0 Å². The van der Waals surface area contributed by atoms with Crippen molar-refractivity contribution in [3.8, 4) is 0 Å². The molecule has 0 radical (unpaired) electrons. The number of aliphatic imine (C=N–C) groups is 1. The van der Waals surface area contributed by atoms with Crippen LogP contribution < -0.4 is 44.6 Å². The quantitative estimate of drug-likeness (QED) is 0.0603. The number of guanidine groups is 1. The molecule has 14 atom stereocenters. The lowest BCUT2D eigenvalue weighted by Crippen LogP contribution is -2.69. The Hall–Kier alpha value is -2.20. The first kappa shape index (κ1) is 37.6. The Morgan fingerprint density at radius 2 is 1.94 bits per heavy atom.